The van der Waals surface area contributed by atoms with Crippen LogP contribution in [0.5, 0.6) is 0 Å². The minimum Gasteiger partial charge on any atom is -0.264 e. The molecule has 0 radical (unpaired) electrons. The lowest BCUT2D eigenvalue weighted by Gasteiger charge is -2.04. The van der Waals surface area contributed by atoms with E-state index in [1.54, 1.807) is 0 Å². The van der Waals surface area contributed by atoms with Crippen molar-refractivity contribution in [2.45, 2.75) is 0 Å². The minimum atomic E-state index is 0.761. The molecule has 3 rings (SSSR count). The quantitative estimate of drug-likeness (QED) is 0.607. The van der Waals surface area contributed by atoms with Gasteiger partial charge in [-0.25, -0.2) is 0 Å². The van der Waals surface area contributed by atoms with Gasteiger partial charge in [0.05, 0.1) is 0 Å². The molecule has 0 bridgehead atoms. The molecule has 0 spiro atoms. The van der Waals surface area contributed by atoms with Crippen LogP contribution in [0.2, 0.25) is 5.02 Å². The molecule has 82 valence electrons. The van der Waals surface area contributed by atoms with Crippen molar-refractivity contribution in [2.75, 3.05) is 0 Å². The molecule has 0 unspecified atom stereocenters. The topological polar surface area (TPSA) is 12.9 Å². The summed E-state index contributed by atoms with van der Waals surface area (Å²) in [6.45, 7) is 0. The molecule has 2 heteroatoms. The van der Waals surface area contributed by atoms with Gasteiger partial charge in [0.15, 0.2) is 0 Å². The molecule has 0 saturated heterocycles. The van der Waals surface area contributed by atoms with Gasteiger partial charge in [0.25, 0.3) is 0 Å². The van der Waals surface area contributed by atoms with Crippen molar-refractivity contribution in [3.05, 3.63) is 65.9 Å². The number of aromatic nitrogens is 1. The molecule has 0 saturated carbocycles. The van der Waals surface area contributed by atoms with Crippen molar-refractivity contribution in [2.24, 2.45) is 0 Å². The van der Waals surface area contributed by atoms with E-state index >= 15 is 0 Å². The number of rotatable bonds is 1. The van der Waals surface area contributed by atoms with Crippen LogP contribution in [0.3, 0.4) is 0 Å². The third-order valence-electron chi connectivity index (χ3n) is 2.80. The summed E-state index contributed by atoms with van der Waals surface area (Å²) in [6, 6.07) is 16.2. The number of hydrogen-bond donors (Lipinski definition) is 0. The van der Waals surface area contributed by atoms with Crippen LogP contribution >= 0.6 is 11.6 Å². The largest absolute Gasteiger partial charge is 0.264 e. The van der Waals surface area contributed by atoms with Gasteiger partial charge in [0.1, 0.15) is 0 Å². The minimum absolute atomic E-state index is 0.761. The maximum atomic E-state index is 6.00. The van der Waals surface area contributed by atoms with Gasteiger partial charge in [0.2, 0.25) is 0 Å². The second kappa shape index (κ2) is 4.19. The second-order valence-electron chi connectivity index (χ2n) is 3.95. The van der Waals surface area contributed by atoms with Gasteiger partial charge >= 0.3 is 0 Å². The van der Waals surface area contributed by atoms with Gasteiger partial charge in [-0.1, -0.05) is 35.9 Å². The van der Waals surface area contributed by atoms with E-state index in [2.05, 4.69) is 29.2 Å². The van der Waals surface area contributed by atoms with E-state index in [4.69, 9.17) is 11.6 Å². The van der Waals surface area contributed by atoms with E-state index in [9.17, 15) is 0 Å². The molecule has 2 aromatic carbocycles. The molecule has 1 aromatic heterocycles. The molecular formula is C15H10ClN. The Kier molecular flexibility index (Phi) is 2.54. The van der Waals surface area contributed by atoms with Gasteiger partial charge in [-0.05, 0) is 40.8 Å². The number of benzene rings is 2. The molecule has 3 aromatic rings. The zero-order valence-electron chi connectivity index (χ0n) is 9.10. The fourth-order valence-corrected chi connectivity index (χ4v) is 2.12. The van der Waals surface area contributed by atoms with E-state index in [-0.39, 0.29) is 0 Å². The highest BCUT2D eigenvalue weighted by molar-refractivity contribution is 6.30. The Labute approximate surface area is 105 Å². The number of hydrogen-bond acceptors (Lipinski definition) is 1. The van der Waals surface area contributed by atoms with Crippen LogP contribution in [-0.4, -0.2) is 4.98 Å². The number of fused-ring (bicyclic) bond motifs is 1. The highest BCUT2D eigenvalue weighted by Gasteiger charge is 2.00. The number of pyridine rings is 1. The Bertz CT molecular complexity index is 676. The summed E-state index contributed by atoms with van der Waals surface area (Å²) in [5, 5.41) is 3.10. The van der Waals surface area contributed by atoms with Crippen molar-refractivity contribution in [3.63, 3.8) is 0 Å². The summed E-state index contributed by atoms with van der Waals surface area (Å²) in [6.07, 6.45) is 3.68. The lowest BCUT2D eigenvalue weighted by Crippen LogP contribution is -1.80. The van der Waals surface area contributed by atoms with Crippen LogP contribution in [0.4, 0.5) is 0 Å². The maximum absolute atomic E-state index is 6.00. The summed E-state index contributed by atoms with van der Waals surface area (Å²) in [7, 11) is 0. The Morgan fingerprint density at radius 3 is 2.59 bits per heavy atom. The third-order valence-corrected chi connectivity index (χ3v) is 3.03. The lowest BCUT2D eigenvalue weighted by atomic mass is 10.0. The molecule has 0 amide bonds. The van der Waals surface area contributed by atoms with Crippen molar-refractivity contribution in [1.82, 2.24) is 4.98 Å². The fourth-order valence-electron chi connectivity index (χ4n) is 1.93. The highest BCUT2D eigenvalue weighted by atomic mass is 35.5. The summed E-state index contributed by atoms with van der Waals surface area (Å²) in [4.78, 5) is 4.11. The number of nitrogens with zero attached hydrogens (tertiary/aromatic N) is 1. The number of halogens is 1. The highest BCUT2D eigenvalue weighted by Crippen LogP contribution is 2.25. The zero-order valence-corrected chi connectivity index (χ0v) is 9.85. The first kappa shape index (κ1) is 10.3. The first-order chi connectivity index (χ1) is 8.33. The summed E-state index contributed by atoms with van der Waals surface area (Å²) >= 11 is 6.00. The second-order valence-corrected chi connectivity index (χ2v) is 4.38. The first-order valence-electron chi connectivity index (χ1n) is 5.43. The van der Waals surface area contributed by atoms with Crippen LogP contribution in [0.1, 0.15) is 0 Å². The van der Waals surface area contributed by atoms with Crippen molar-refractivity contribution in [1.29, 1.82) is 0 Å². The molecule has 0 aliphatic rings. The summed E-state index contributed by atoms with van der Waals surface area (Å²) < 4.78 is 0. The molecule has 0 atom stereocenters. The zero-order chi connectivity index (χ0) is 11.7. The van der Waals surface area contributed by atoms with E-state index in [0.717, 1.165) is 16.0 Å². The summed E-state index contributed by atoms with van der Waals surface area (Å²) in [5.74, 6) is 0. The fraction of sp³-hybridized carbons (Fsp3) is 0. The van der Waals surface area contributed by atoms with Gasteiger partial charge in [-0.15, -0.1) is 0 Å². The van der Waals surface area contributed by atoms with Crippen LogP contribution in [0, 0.1) is 0 Å². The van der Waals surface area contributed by atoms with E-state index in [1.165, 1.54) is 10.9 Å². The monoisotopic (exact) mass is 239 g/mol. The first-order valence-corrected chi connectivity index (χ1v) is 5.80. The van der Waals surface area contributed by atoms with E-state index in [1.807, 2.05) is 36.7 Å². The Morgan fingerprint density at radius 1 is 0.824 bits per heavy atom. The Hall–Kier alpha value is -1.86. The van der Waals surface area contributed by atoms with Crippen LogP contribution in [0.15, 0.2) is 60.9 Å². The third kappa shape index (κ3) is 2.02. The smallest absolute Gasteiger partial charge is 0.0412 e. The standard InChI is InChI=1S/C15H10ClN/c16-15-3-1-2-11(9-15)12-4-5-14-10-17-7-6-13(14)8-12/h1-10H. The molecule has 0 fully saturated rings. The molecule has 0 aliphatic carbocycles. The van der Waals surface area contributed by atoms with Crippen molar-refractivity contribution < 1.29 is 0 Å². The van der Waals surface area contributed by atoms with E-state index in [0.29, 0.717) is 0 Å². The van der Waals surface area contributed by atoms with Gasteiger partial charge in [-0.2, -0.15) is 0 Å². The molecule has 1 nitrogen and oxygen atoms in total. The Morgan fingerprint density at radius 2 is 1.71 bits per heavy atom. The Balaban J connectivity index is 2.18. The molecular weight excluding hydrogens is 230 g/mol. The lowest BCUT2D eigenvalue weighted by molar-refractivity contribution is 1.36. The molecule has 0 N–H and O–H groups in total. The predicted molar refractivity (Wildman–Crippen MR) is 72.2 cm³/mol. The van der Waals surface area contributed by atoms with Crippen molar-refractivity contribution in [3.8, 4) is 11.1 Å². The van der Waals surface area contributed by atoms with Crippen LogP contribution < -0.4 is 0 Å². The van der Waals surface area contributed by atoms with Gasteiger partial charge in [-0.3, -0.25) is 4.98 Å². The van der Waals surface area contributed by atoms with Gasteiger partial charge < -0.3 is 0 Å². The molecule has 1 heterocycles. The average Bonchev–Trinajstić information content (AvgIpc) is 2.38. The summed E-state index contributed by atoms with van der Waals surface area (Å²) in [5.41, 5.74) is 2.31. The van der Waals surface area contributed by atoms with E-state index < -0.39 is 0 Å². The normalized spacial score (nSPS) is 10.6. The molecule has 17 heavy (non-hydrogen) atoms. The van der Waals surface area contributed by atoms with Crippen LogP contribution in [-0.2, 0) is 0 Å². The predicted octanol–water partition coefficient (Wildman–Crippen LogP) is 4.56. The van der Waals surface area contributed by atoms with Gasteiger partial charge in [0, 0.05) is 22.8 Å². The average molecular weight is 240 g/mol. The molecule has 0 aliphatic heterocycles. The van der Waals surface area contributed by atoms with Crippen molar-refractivity contribution >= 4 is 22.4 Å². The maximum Gasteiger partial charge on any atom is 0.0412 e. The SMILES string of the molecule is Clc1cccc(-c2ccc3cnccc3c2)c1. The van der Waals surface area contributed by atoms with Crippen LogP contribution in [0.25, 0.3) is 21.9 Å².